The Hall–Kier alpha value is -0.730. The maximum absolute atomic E-state index is 10.1. The highest BCUT2D eigenvalue weighted by molar-refractivity contribution is 6.31. The van der Waals surface area contributed by atoms with Gasteiger partial charge in [-0.15, -0.1) is 0 Å². The van der Waals surface area contributed by atoms with Gasteiger partial charge in [-0.05, 0) is 44.9 Å². The Morgan fingerprint density at radius 3 is 2.27 bits per heavy atom. The molecule has 0 spiro atoms. The molecular formula is C12H17ClO2. The highest BCUT2D eigenvalue weighted by atomic mass is 35.5. The van der Waals surface area contributed by atoms with Gasteiger partial charge in [-0.2, -0.15) is 0 Å². The SMILES string of the molecule is COc1c(C)cc(Cl)c(C)c1C(C)(C)O. The topological polar surface area (TPSA) is 29.5 Å². The largest absolute Gasteiger partial charge is 0.496 e. The Morgan fingerprint density at radius 1 is 1.33 bits per heavy atom. The minimum Gasteiger partial charge on any atom is -0.496 e. The molecule has 0 saturated heterocycles. The molecule has 1 aromatic carbocycles. The van der Waals surface area contributed by atoms with Gasteiger partial charge in [0.1, 0.15) is 5.75 Å². The van der Waals surface area contributed by atoms with E-state index in [0.29, 0.717) is 10.8 Å². The zero-order valence-electron chi connectivity index (χ0n) is 9.81. The van der Waals surface area contributed by atoms with Gasteiger partial charge in [0, 0.05) is 10.6 Å². The molecule has 0 unspecified atom stereocenters. The normalized spacial score (nSPS) is 11.7. The highest BCUT2D eigenvalue weighted by Crippen LogP contribution is 2.38. The summed E-state index contributed by atoms with van der Waals surface area (Å²) >= 11 is 6.09. The minimum atomic E-state index is -0.953. The molecule has 15 heavy (non-hydrogen) atoms. The average molecular weight is 229 g/mol. The number of ether oxygens (including phenoxy) is 1. The standard InChI is InChI=1S/C12H17ClO2/c1-7-6-9(13)8(2)10(11(7)15-5)12(3,4)14/h6,14H,1-5H3. The van der Waals surface area contributed by atoms with E-state index in [9.17, 15) is 5.11 Å². The van der Waals surface area contributed by atoms with Gasteiger partial charge in [-0.1, -0.05) is 11.6 Å². The van der Waals surface area contributed by atoms with Crippen LogP contribution in [0.25, 0.3) is 0 Å². The summed E-state index contributed by atoms with van der Waals surface area (Å²) in [5.41, 5.74) is 1.61. The quantitative estimate of drug-likeness (QED) is 0.843. The van der Waals surface area contributed by atoms with Gasteiger partial charge in [0.05, 0.1) is 12.7 Å². The fourth-order valence-corrected chi connectivity index (χ4v) is 2.11. The molecule has 1 aromatic rings. The minimum absolute atomic E-state index is 0.658. The molecule has 0 heterocycles. The van der Waals surface area contributed by atoms with Gasteiger partial charge in [0.25, 0.3) is 0 Å². The van der Waals surface area contributed by atoms with Crippen LogP contribution in [0.2, 0.25) is 5.02 Å². The number of hydrogen-bond acceptors (Lipinski definition) is 2. The molecular weight excluding hydrogens is 212 g/mol. The second kappa shape index (κ2) is 4.03. The first-order chi connectivity index (χ1) is 6.79. The highest BCUT2D eigenvalue weighted by Gasteiger charge is 2.26. The Morgan fingerprint density at radius 2 is 1.87 bits per heavy atom. The first-order valence-electron chi connectivity index (χ1n) is 4.85. The van der Waals surface area contributed by atoms with Crippen molar-refractivity contribution >= 4 is 11.6 Å². The van der Waals surface area contributed by atoms with Crippen molar-refractivity contribution in [3.8, 4) is 5.75 Å². The zero-order valence-corrected chi connectivity index (χ0v) is 10.6. The third-order valence-electron chi connectivity index (χ3n) is 2.48. The first kappa shape index (κ1) is 12.3. The molecule has 0 radical (unpaired) electrons. The summed E-state index contributed by atoms with van der Waals surface area (Å²) in [6, 6.07) is 1.85. The van der Waals surface area contributed by atoms with Gasteiger partial charge in [-0.3, -0.25) is 0 Å². The van der Waals surface area contributed by atoms with Crippen molar-refractivity contribution in [3.05, 3.63) is 27.8 Å². The van der Waals surface area contributed by atoms with Gasteiger partial charge < -0.3 is 9.84 Å². The van der Waals surface area contributed by atoms with E-state index in [2.05, 4.69) is 0 Å². The summed E-state index contributed by atoms with van der Waals surface area (Å²) in [4.78, 5) is 0. The summed E-state index contributed by atoms with van der Waals surface area (Å²) in [6.07, 6.45) is 0. The first-order valence-corrected chi connectivity index (χ1v) is 5.23. The van der Waals surface area contributed by atoms with Crippen LogP contribution in [0.5, 0.6) is 5.75 Å². The molecule has 0 amide bonds. The van der Waals surface area contributed by atoms with E-state index in [4.69, 9.17) is 16.3 Å². The molecule has 0 fully saturated rings. The van der Waals surface area contributed by atoms with Gasteiger partial charge >= 0.3 is 0 Å². The van der Waals surface area contributed by atoms with Gasteiger partial charge in [0.2, 0.25) is 0 Å². The molecule has 1 rings (SSSR count). The molecule has 84 valence electrons. The summed E-state index contributed by atoms with van der Waals surface area (Å²) < 4.78 is 5.32. The molecule has 0 bridgehead atoms. The lowest BCUT2D eigenvalue weighted by Crippen LogP contribution is -2.19. The molecule has 1 N–H and O–H groups in total. The van der Waals surface area contributed by atoms with Crippen LogP contribution in [-0.4, -0.2) is 12.2 Å². The maximum Gasteiger partial charge on any atom is 0.128 e. The fourth-order valence-electron chi connectivity index (χ4n) is 1.85. The van der Waals surface area contributed by atoms with E-state index in [1.807, 2.05) is 19.9 Å². The number of benzene rings is 1. The average Bonchev–Trinajstić information content (AvgIpc) is 2.08. The van der Waals surface area contributed by atoms with Crippen molar-refractivity contribution in [1.82, 2.24) is 0 Å². The number of aryl methyl sites for hydroxylation is 1. The smallest absolute Gasteiger partial charge is 0.128 e. The van der Waals surface area contributed by atoms with E-state index in [1.54, 1.807) is 21.0 Å². The van der Waals surface area contributed by atoms with Crippen LogP contribution in [0.4, 0.5) is 0 Å². The monoisotopic (exact) mass is 228 g/mol. The van der Waals surface area contributed by atoms with E-state index >= 15 is 0 Å². The van der Waals surface area contributed by atoms with E-state index < -0.39 is 5.60 Å². The summed E-state index contributed by atoms with van der Waals surface area (Å²) in [6.45, 7) is 7.26. The Balaban J connectivity index is 3.59. The number of halogens is 1. The molecule has 0 aliphatic carbocycles. The van der Waals surface area contributed by atoms with Crippen LogP contribution >= 0.6 is 11.6 Å². The van der Waals surface area contributed by atoms with E-state index in [1.165, 1.54) is 0 Å². The number of rotatable bonds is 2. The Bertz CT molecular complexity index is 378. The second-order valence-electron chi connectivity index (χ2n) is 4.27. The van der Waals surface area contributed by atoms with Crippen molar-refractivity contribution in [2.75, 3.05) is 7.11 Å². The van der Waals surface area contributed by atoms with Crippen molar-refractivity contribution in [2.24, 2.45) is 0 Å². The van der Waals surface area contributed by atoms with Crippen LogP contribution in [0.1, 0.15) is 30.5 Å². The molecule has 0 saturated carbocycles. The number of methoxy groups -OCH3 is 1. The molecule has 2 nitrogen and oxygen atoms in total. The summed E-state index contributed by atoms with van der Waals surface area (Å²) in [7, 11) is 1.60. The van der Waals surface area contributed by atoms with Crippen LogP contribution in [-0.2, 0) is 5.60 Å². The van der Waals surface area contributed by atoms with Crippen molar-refractivity contribution in [2.45, 2.75) is 33.3 Å². The molecule has 3 heteroatoms. The lowest BCUT2D eigenvalue weighted by atomic mass is 9.91. The Labute approximate surface area is 95.8 Å². The van der Waals surface area contributed by atoms with Crippen LogP contribution in [0.3, 0.4) is 0 Å². The molecule has 0 aliphatic heterocycles. The number of hydrogen-bond donors (Lipinski definition) is 1. The summed E-state index contributed by atoms with van der Waals surface area (Å²) in [5.74, 6) is 0.712. The van der Waals surface area contributed by atoms with Gasteiger partial charge in [0.15, 0.2) is 0 Å². The van der Waals surface area contributed by atoms with Crippen LogP contribution in [0, 0.1) is 13.8 Å². The predicted octanol–water partition coefficient (Wildman–Crippen LogP) is 3.19. The van der Waals surface area contributed by atoms with E-state index in [-0.39, 0.29) is 0 Å². The van der Waals surface area contributed by atoms with Gasteiger partial charge in [-0.25, -0.2) is 0 Å². The van der Waals surface area contributed by atoms with Crippen LogP contribution < -0.4 is 4.74 Å². The van der Waals surface area contributed by atoms with E-state index in [0.717, 1.165) is 16.7 Å². The molecule has 0 aliphatic rings. The summed E-state index contributed by atoms with van der Waals surface area (Å²) in [5, 5.41) is 10.7. The predicted molar refractivity (Wildman–Crippen MR) is 62.7 cm³/mol. The molecule has 0 aromatic heterocycles. The maximum atomic E-state index is 10.1. The van der Waals surface area contributed by atoms with Crippen LogP contribution in [0.15, 0.2) is 6.07 Å². The fraction of sp³-hybridized carbons (Fsp3) is 0.500. The second-order valence-corrected chi connectivity index (χ2v) is 4.67. The number of aliphatic hydroxyl groups is 1. The zero-order chi connectivity index (χ0) is 11.8. The van der Waals surface area contributed by atoms with Crippen molar-refractivity contribution < 1.29 is 9.84 Å². The lowest BCUT2D eigenvalue weighted by Gasteiger charge is -2.25. The Kier molecular flexibility index (Phi) is 3.31. The third-order valence-corrected chi connectivity index (χ3v) is 2.87. The molecule has 0 atom stereocenters. The van der Waals surface area contributed by atoms with Crippen molar-refractivity contribution in [3.63, 3.8) is 0 Å². The lowest BCUT2D eigenvalue weighted by molar-refractivity contribution is 0.0748. The third kappa shape index (κ3) is 2.27. The van der Waals surface area contributed by atoms with Crippen molar-refractivity contribution in [1.29, 1.82) is 0 Å².